The highest BCUT2D eigenvalue weighted by atomic mass is 32.1. The molecule has 0 aliphatic heterocycles. The Morgan fingerprint density at radius 2 is 1.84 bits per heavy atom. The van der Waals surface area contributed by atoms with Gasteiger partial charge in [0.1, 0.15) is 4.99 Å². The molecule has 0 fully saturated rings. The summed E-state index contributed by atoms with van der Waals surface area (Å²) < 4.78 is 0. The fourth-order valence-corrected chi connectivity index (χ4v) is 2.26. The molecular weight excluding hydrogens is 254 g/mol. The minimum absolute atomic E-state index is 0.441. The van der Waals surface area contributed by atoms with Crippen LogP contribution >= 0.6 is 12.2 Å². The summed E-state index contributed by atoms with van der Waals surface area (Å²) in [6.45, 7) is 1.90. The Labute approximate surface area is 119 Å². The summed E-state index contributed by atoms with van der Waals surface area (Å²) >= 11 is 5.11. The van der Waals surface area contributed by atoms with Crippen LogP contribution < -0.4 is 11.1 Å². The summed E-state index contributed by atoms with van der Waals surface area (Å²) in [5, 5.41) is 5.72. The van der Waals surface area contributed by atoms with E-state index in [1.54, 1.807) is 0 Å². The maximum absolute atomic E-state index is 5.77. The van der Waals surface area contributed by atoms with Crippen molar-refractivity contribution in [3.8, 4) is 0 Å². The van der Waals surface area contributed by atoms with Crippen molar-refractivity contribution in [1.82, 2.24) is 4.90 Å². The molecule has 0 radical (unpaired) electrons. The van der Waals surface area contributed by atoms with Crippen molar-refractivity contribution in [3.63, 3.8) is 0 Å². The molecule has 3 nitrogen and oxygen atoms in total. The highest BCUT2D eigenvalue weighted by Gasteiger charge is 2.07. The summed E-state index contributed by atoms with van der Waals surface area (Å²) in [7, 11) is 4.13. The number of nitrogens with two attached hydrogens (primary N) is 1. The number of fused-ring (bicyclic) bond motifs is 1. The van der Waals surface area contributed by atoms with Gasteiger partial charge in [0.25, 0.3) is 0 Å². The molecule has 0 amide bonds. The van der Waals surface area contributed by atoms with Gasteiger partial charge in [0.15, 0.2) is 0 Å². The molecule has 0 bridgehead atoms. The number of benzene rings is 2. The van der Waals surface area contributed by atoms with E-state index in [1.165, 1.54) is 0 Å². The summed E-state index contributed by atoms with van der Waals surface area (Å²) in [4.78, 5) is 2.59. The van der Waals surface area contributed by atoms with Crippen molar-refractivity contribution in [2.45, 2.75) is 0 Å². The first-order chi connectivity index (χ1) is 9.09. The van der Waals surface area contributed by atoms with Gasteiger partial charge in [-0.3, -0.25) is 0 Å². The minimum atomic E-state index is 0.441. The fraction of sp³-hybridized carbons (Fsp3) is 0.267. The van der Waals surface area contributed by atoms with Gasteiger partial charge < -0.3 is 16.0 Å². The number of hydrogen-bond donors (Lipinski definition) is 2. The average Bonchev–Trinajstić information content (AvgIpc) is 2.38. The molecule has 0 aliphatic rings. The highest BCUT2D eigenvalue weighted by Crippen LogP contribution is 2.26. The Kier molecular flexibility index (Phi) is 4.35. The van der Waals surface area contributed by atoms with Crippen LogP contribution in [0.2, 0.25) is 0 Å². The smallest absolute Gasteiger partial charge is 0.104 e. The highest BCUT2D eigenvalue weighted by molar-refractivity contribution is 7.80. The number of rotatable bonds is 5. The Morgan fingerprint density at radius 1 is 1.16 bits per heavy atom. The summed E-state index contributed by atoms with van der Waals surface area (Å²) in [5.74, 6) is 0. The summed E-state index contributed by atoms with van der Waals surface area (Å²) in [6, 6.07) is 12.2. The van der Waals surface area contributed by atoms with E-state index in [-0.39, 0.29) is 0 Å². The minimum Gasteiger partial charge on any atom is -0.389 e. The fourth-order valence-electron chi connectivity index (χ4n) is 2.08. The van der Waals surface area contributed by atoms with E-state index in [2.05, 4.69) is 36.4 Å². The average molecular weight is 273 g/mol. The zero-order chi connectivity index (χ0) is 13.8. The van der Waals surface area contributed by atoms with Crippen LogP contribution in [0.1, 0.15) is 5.56 Å². The van der Waals surface area contributed by atoms with E-state index >= 15 is 0 Å². The lowest BCUT2D eigenvalue weighted by molar-refractivity contribution is 0.425. The van der Waals surface area contributed by atoms with E-state index in [4.69, 9.17) is 18.0 Å². The van der Waals surface area contributed by atoms with Gasteiger partial charge in [-0.2, -0.15) is 0 Å². The van der Waals surface area contributed by atoms with Crippen molar-refractivity contribution < 1.29 is 0 Å². The molecule has 2 rings (SSSR count). The van der Waals surface area contributed by atoms with Crippen LogP contribution in [0.25, 0.3) is 10.8 Å². The van der Waals surface area contributed by atoms with Crippen molar-refractivity contribution >= 4 is 33.7 Å². The molecule has 0 saturated heterocycles. The van der Waals surface area contributed by atoms with Crippen LogP contribution in [-0.2, 0) is 0 Å². The van der Waals surface area contributed by atoms with E-state index in [0.29, 0.717) is 4.99 Å². The Hall–Kier alpha value is -1.65. The molecule has 0 heterocycles. The predicted octanol–water partition coefficient (Wildman–Crippen LogP) is 2.45. The molecule has 2 aromatic rings. The third-order valence-corrected chi connectivity index (χ3v) is 3.28. The molecule has 2 aromatic carbocycles. The lowest BCUT2D eigenvalue weighted by Crippen LogP contribution is -2.21. The van der Waals surface area contributed by atoms with Crippen LogP contribution in [-0.4, -0.2) is 37.1 Å². The number of nitrogens with zero attached hydrogens (tertiary/aromatic N) is 1. The van der Waals surface area contributed by atoms with Crippen molar-refractivity contribution in [1.29, 1.82) is 0 Å². The first-order valence-electron chi connectivity index (χ1n) is 6.30. The molecule has 0 spiro atoms. The molecule has 0 aliphatic carbocycles. The van der Waals surface area contributed by atoms with Gasteiger partial charge in [0.2, 0.25) is 0 Å². The van der Waals surface area contributed by atoms with Gasteiger partial charge in [-0.25, -0.2) is 0 Å². The van der Waals surface area contributed by atoms with Gasteiger partial charge in [-0.05, 0) is 31.6 Å². The molecule has 0 aromatic heterocycles. The number of hydrogen-bond acceptors (Lipinski definition) is 3. The predicted molar refractivity (Wildman–Crippen MR) is 86.9 cm³/mol. The monoisotopic (exact) mass is 273 g/mol. The second-order valence-electron chi connectivity index (χ2n) is 4.80. The Morgan fingerprint density at radius 3 is 2.47 bits per heavy atom. The van der Waals surface area contributed by atoms with Crippen molar-refractivity contribution in [3.05, 3.63) is 42.0 Å². The van der Waals surface area contributed by atoms with E-state index < -0.39 is 0 Å². The van der Waals surface area contributed by atoms with Gasteiger partial charge >= 0.3 is 0 Å². The van der Waals surface area contributed by atoms with Crippen LogP contribution in [0, 0.1) is 0 Å². The normalized spacial score (nSPS) is 10.9. The number of likely N-dealkylation sites (N-methyl/N-ethyl adjacent to an activating group) is 1. The number of thiocarbonyl (C=S) groups is 1. The second kappa shape index (κ2) is 5.99. The molecule has 0 saturated carbocycles. The zero-order valence-corrected chi connectivity index (χ0v) is 12.1. The quantitative estimate of drug-likeness (QED) is 0.821. The zero-order valence-electron chi connectivity index (χ0n) is 11.3. The SMILES string of the molecule is CN(C)CCNc1ccc(C(N)=S)c2ccccc12. The topological polar surface area (TPSA) is 41.3 Å². The molecular formula is C15H19N3S. The lowest BCUT2D eigenvalue weighted by atomic mass is 10.0. The number of anilines is 1. The van der Waals surface area contributed by atoms with E-state index in [9.17, 15) is 0 Å². The standard InChI is InChI=1S/C15H19N3S/c1-18(2)10-9-17-14-8-7-13(15(16)19)11-5-3-4-6-12(11)14/h3-8,17H,9-10H2,1-2H3,(H2,16,19). The molecule has 100 valence electrons. The van der Waals surface area contributed by atoms with Gasteiger partial charge in [0, 0.05) is 29.7 Å². The maximum atomic E-state index is 5.77. The van der Waals surface area contributed by atoms with Gasteiger partial charge in [-0.15, -0.1) is 0 Å². The Balaban J connectivity index is 2.36. The van der Waals surface area contributed by atoms with Crippen LogP contribution in [0.4, 0.5) is 5.69 Å². The van der Waals surface area contributed by atoms with Crippen LogP contribution in [0.5, 0.6) is 0 Å². The molecule has 0 unspecified atom stereocenters. The summed E-state index contributed by atoms with van der Waals surface area (Å²) in [5.41, 5.74) is 7.83. The van der Waals surface area contributed by atoms with Gasteiger partial charge in [0.05, 0.1) is 0 Å². The van der Waals surface area contributed by atoms with Crippen LogP contribution in [0.3, 0.4) is 0 Å². The second-order valence-corrected chi connectivity index (χ2v) is 5.24. The lowest BCUT2D eigenvalue weighted by Gasteiger charge is -2.14. The van der Waals surface area contributed by atoms with E-state index in [0.717, 1.165) is 35.1 Å². The largest absolute Gasteiger partial charge is 0.389 e. The summed E-state index contributed by atoms with van der Waals surface area (Å²) in [6.07, 6.45) is 0. The van der Waals surface area contributed by atoms with Crippen molar-refractivity contribution in [2.75, 3.05) is 32.5 Å². The first-order valence-corrected chi connectivity index (χ1v) is 6.70. The molecule has 3 N–H and O–H groups in total. The van der Waals surface area contributed by atoms with Crippen molar-refractivity contribution in [2.24, 2.45) is 5.73 Å². The van der Waals surface area contributed by atoms with Gasteiger partial charge in [-0.1, -0.05) is 36.5 Å². The van der Waals surface area contributed by atoms with Crippen LogP contribution in [0.15, 0.2) is 36.4 Å². The molecule has 19 heavy (non-hydrogen) atoms. The molecule has 4 heteroatoms. The third-order valence-electron chi connectivity index (χ3n) is 3.06. The molecule has 0 atom stereocenters. The van der Waals surface area contributed by atoms with E-state index in [1.807, 2.05) is 24.3 Å². The maximum Gasteiger partial charge on any atom is 0.104 e. The Bertz CT molecular complexity index is 593. The first kappa shape index (κ1) is 13.8. The third kappa shape index (κ3) is 3.22. The number of nitrogens with one attached hydrogen (secondary N) is 1.